The first-order valence-electron chi connectivity index (χ1n) is 10.2. The van der Waals surface area contributed by atoms with Crippen LogP contribution in [0.2, 0.25) is 0 Å². The third-order valence-electron chi connectivity index (χ3n) is 6.11. The van der Waals surface area contributed by atoms with Crippen LogP contribution in [0.5, 0.6) is 5.75 Å². The van der Waals surface area contributed by atoms with Gasteiger partial charge in [-0.2, -0.15) is 0 Å². The number of aryl methyl sites for hydroxylation is 2. The third-order valence-corrected chi connectivity index (χ3v) is 6.11. The summed E-state index contributed by atoms with van der Waals surface area (Å²) in [5, 5.41) is 19.6. The number of ether oxygens (including phenoxy) is 1. The molecule has 1 unspecified atom stereocenters. The molecule has 3 aromatic rings. The second-order valence-electron chi connectivity index (χ2n) is 8.03. The van der Waals surface area contributed by atoms with E-state index in [4.69, 9.17) is 4.74 Å². The number of nitrogens with zero attached hydrogens (tertiary/aromatic N) is 1. The number of phenols is 1. The van der Waals surface area contributed by atoms with Gasteiger partial charge in [0.15, 0.2) is 5.72 Å². The average molecular weight is 433 g/mol. The van der Waals surface area contributed by atoms with Gasteiger partial charge in [-0.3, -0.25) is 0 Å². The molecule has 4 rings (SSSR count). The number of rotatable bonds is 4. The number of carbonyl (C=O) groups is 1. The van der Waals surface area contributed by atoms with E-state index in [1.165, 1.54) is 18.2 Å². The zero-order chi connectivity index (χ0) is 23.2. The van der Waals surface area contributed by atoms with E-state index in [9.17, 15) is 19.4 Å². The maximum atomic E-state index is 14.7. The summed E-state index contributed by atoms with van der Waals surface area (Å²) in [5.41, 5.74) is 4.08. The van der Waals surface area contributed by atoms with Gasteiger partial charge in [0.25, 0.3) is 0 Å². The number of methoxy groups -OCH3 is 1. The zero-order valence-corrected chi connectivity index (χ0v) is 18.3. The second-order valence-corrected chi connectivity index (χ2v) is 8.03. The maximum Gasteiger partial charge on any atom is 0.339 e. The minimum Gasteiger partial charge on any atom is -0.507 e. The molecule has 0 bridgehead atoms. The van der Waals surface area contributed by atoms with Gasteiger partial charge in [-0.15, -0.1) is 0 Å². The largest absolute Gasteiger partial charge is 0.507 e. The molecule has 0 saturated heterocycles. The fourth-order valence-corrected chi connectivity index (χ4v) is 4.38. The number of hydrogen-bond acceptors (Lipinski definition) is 4. The lowest BCUT2D eigenvalue weighted by atomic mass is 9.93. The van der Waals surface area contributed by atoms with Crippen LogP contribution in [0, 0.1) is 19.7 Å². The molecule has 2 N–H and O–H groups in total. The van der Waals surface area contributed by atoms with Gasteiger partial charge < -0.3 is 19.8 Å². The highest BCUT2D eigenvalue weighted by Gasteiger charge is 2.46. The third kappa shape index (κ3) is 3.24. The first-order chi connectivity index (χ1) is 15.2. The van der Waals surface area contributed by atoms with Crippen LogP contribution in [0.1, 0.15) is 39.5 Å². The van der Waals surface area contributed by atoms with Gasteiger partial charge in [-0.25, -0.2) is 9.18 Å². The van der Waals surface area contributed by atoms with Gasteiger partial charge in [0.2, 0.25) is 0 Å². The molecule has 0 saturated carbocycles. The van der Waals surface area contributed by atoms with Gasteiger partial charge in [0.05, 0.1) is 5.69 Å². The number of fused-ring (bicyclic) bond motifs is 1. The minimum atomic E-state index is -1.21. The molecule has 6 heteroatoms. The van der Waals surface area contributed by atoms with Crippen LogP contribution < -0.4 is 4.90 Å². The number of hydrogen-bond donors (Lipinski definition) is 2. The highest BCUT2D eigenvalue weighted by atomic mass is 19.1. The van der Waals surface area contributed by atoms with Crippen LogP contribution in [-0.4, -0.2) is 29.0 Å². The Labute approximate surface area is 186 Å². The Balaban J connectivity index is 2.00. The van der Waals surface area contributed by atoms with Crippen LogP contribution in [0.4, 0.5) is 15.8 Å². The Hall–Kier alpha value is -3.64. The summed E-state index contributed by atoms with van der Waals surface area (Å²) in [6, 6.07) is 15.2. The number of aromatic carboxylic acids is 1. The van der Waals surface area contributed by atoms with E-state index in [2.05, 4.69) is 0 Å². The standard InChI is InChI=1S/C26H24FNO4/c1-15-7-5-9-21(27)19(15)14-20-24-16(2)8-6-10-22(24)28(26(20,3)32-4)17-11-12-18(25(30)31)23(29)13-17/h5-14,29H,1-4H3,(H,30,31)/b20-14-. The van der Waals surface area contributed by atoms with Gasteiger partial charge in [-0.1, -0.05) is 24.3 Å². The number of benzene rings is 3. The lowest BCUT2D eigenvalue weighted by Crippen LogP contribution is -2.42. The molecular formula is C26H24FNO4. The average Bonchev–Trinajstić information content (AvgIpc) is 3.00. The van der Waals surface area contributed by atoms with E-state index in [0.29, 0.717) is 11.3 Å². The lowest BCUT2D eigenvalue weighted by Gasteiger charge is -2.37. The van der Waals surface area contributed by atoms with Crippen LogP contribution in [0.3, 0.4) is 0 Å². The van der Waals surface area contributed by atoms with Crippen molar-refractivity contribution in [2.45, 2.75) is 26.5 Å². The SMILES string of the molecule is COC1(C)/C(=C\c2c(C)cccc2F)c2c(C)cccc2N1c1ccc(C(=O)O)c(O)c1. The highest BCUT2D eigenvalue weighted by molar-refractivity contribution is 6.02. The maximum absolute atomic E-state index is 14.7. The second kappa shape index (κ2) is 7.80. The number of halogens is 1. The van der Waals surface area contributed by atoms with Crippen molar-refractivity contribution in [2.24, 2.45) is 0 Å². The molecular weight excluding hydrogens is 409 g/mol. The highest BCUT2D eigenvalue weighted by Crippen LogP contribution is 2.53. The smallest absolute Gasteiger partial charge is 0.339 e. The van der Waals surface area contributed by atoms with E-state index in [-0.39, 0.29) is 17.1 Å². The van der Waals surface area contributed by atoms with Crippen LogP contribution in [0.15, 0.2) is 54.6 Å². The summed E-state index contributed by atoms with van der Waals surface area (Å²) in [6.45, 7) is 5.70. The van der Waals surface area contributed by atoms with Crippen LogP contribution >= 0.6 is 0 Å². The molecule has 32 heavy (non-hydrogen) atoms. The normalized spacial score (nSPS) is 18.8. The Bertz CT molecular complexity index is 1250. The molecule has 0 fully saturated rings. The van der Waals surface area contributed by atoms with Crippen LogP contribution in [-0.2, 0) is 4.74 Å². The Morgan fingerprint density at radius 1 is 1.09 bits per heavy atom. The van der Waals surface area contributed by atoms with Crippen molar-refractivity contribution < 1.29 is 24.1 Å². The quantitative estimate of drug-likeness (QED) is 0.536. The summed E-state index contributed by atoms with van der Waals surface area (Å²) in [5.74, 6) is -1.88. The molecule has 5 nitrogen and oxygen atoms in total. The predicted molar refractivity (Wildman–Crippen MR) is 123 cm³/mol. The number of anilines is 2. The summed E-state index contributed by atoms with van der Waals surface area (Å²) in [7, 11) is 1.57. The van der Waals surface area contributed by atoms with Crippen molar-refractivity contribution in [3.05, 3.63) is 88.2 Å². The van der Waals surface area contributed by atoms with Crippen molar-refractivity contribution in [3.63, 3.8) is 0 Å². The fourth-order valence-electron chi connectivity index (χ4n) is 4.38. The van der Waals surface area contributed by atoms with Crippen molar-refractivity contribution >= 4 is 29.0 Å². The summed E-state index contributed by atoms with van der Waals surface area (Å²) >= 11 is 0. The Kier molecular flexibility index (Phi) is 5.26. The summed E-state index contributed by atoms with van der Waals surface area (Å²) in [4.78, 5) is 13.2. The van der Waals surface area contributed by atoms with E-state index < -0.39 is 11.7 Å². The zero-order valence-electron chi connectivity index (χ0n) is 18.3. The predicted octanol–water partition coefficient (Wildman–Crippen LogP) is 5.90. The molecule has 0 spiro atoms. The van der Waals surface area contributed by atoms with E-state index in [1.54, 1.807) is 19.2 Å². The summed E-state index contributed by atoms with van der Waals surface area (Å²) < 4.78 is 20.8. The first-order valence-corrected chi connectivity index (χ1v) is 10.2. The number of aromatic hydroxyl groups is 1. The van der Waals surface area contributed by atoms with Crippen molar-refractivity contribution in [1.82, 2.24) is 0 Å². The minimum absolute atomic E-state index is 0.186. The van der Waals surface area contributed by atoms with Gasteiger partial charge >= 0.3 is 5.97 Å². The summed E-state index contributed by atoms with van der Waals surface area (Å²) in [6.07, 6.45) is 1.81. The Morgan fingerprint density at radius 2 is 1.78 bits per heavy atom. The molecule has 1 heterocycles. The van der Waals surface area contributed by atoms with Crippen molar-refractivity contribution in [3.8, 4) is 5.75 Å². The molecule has 1 aliphatic rings. The van der Waals surface area contributed by atoms with Crippen LogP contribution in [0.25, 0.3) is 11.6 Å². The topological polar surface area (TPSA) is 70.0 Å². The molecule has 164 valence electrons. The molecule has 1 aliphatic heterocycles. The fraction of sp³-hybridized carbons (Fsp3) is 0.192. The lowest BCUT2D eigenvalue weighted by molar-refractivity contribution is 0.0681. The monoisotopic (exact) mass is 433 g/mol. The molecule has 0 amide bonds. The van der Waals surface area contributed by atoms with Crippen molar-refractivity contribution in [2.75, 3.05) is 12.0 Å². The molecule has 0 aromatic heterocycles. The number of carboxylic acid groups (broad SMARTS) is 1. The molecule has 3 aromatic carbocycles. The first kappa shape index (κ1) is 21.6. The Morgan fingerprint density at radius 3 is 2.41 bits per heavy atom. The van der Waals surface area contributed by atoms with Crippen molar-refractivity contribution in [1.29, 1.82) is 0 Å². The van der Waals surface area contributed by atoms with E-state index >= 15 is 0 Å². The van der Waals surface area contributed by atoms with Gasteiger partial charge in [0, 0.05) is 35.6 Å². The van der Waals surface area contributed by atoms with E-state index in [1.807, 2.05) is 56.0 Å². The molecule has 0 aliphatic carbocycles. The molecule has 0 radical (unpaired) electrons. The number of carboxylic acids is 1. The van der Waals surface area contributed by atoms with E-state index in [0.717, 1.165) is 28.0 Å². The van der Waals surface area contributed by atoms with Gasteiger partial charge in [0.1, 0.15) is 17.1 Å². The van der Waals surface area contributed by atoms with Gasteiger partial charge in [-0.05, 0) is 62.2 Å². The molecule has 1 atom stereocenters.